The van der Waals surface area contributed by atoms with Crippen molar-refractivity contribution >= 4 is 17.1 Å². The normalized spacial score (nSPS) is 21.4. The zero-order chi connectivity index (χ0) is 35.6. The maximum atomic E-state index is 2.51. The minimum atomic E-state index is -0.112. The molecule has 6 aromatic carbocycles. The molecule has 1 nitrogen and oxygen atoms in total. The number of rotatable bonds is 7. The van der Waals surface area contributed by atoms with Gasteiger partial charge in [0.1, 0.15) is 0 Å². The van der Waals surface area contributed by atoms with Crippen LogP contribution in [0.3, 0.4) is 0 Å². The van der Waals surface area contributed by atoms with E-state index in [-0.39, 0.29) is 5.41 Å². The number of anilines is 3. The molecule has 6 aromatic rings. The molecule has 3 fully saturated rings. The molecule has 1 heteroatoms. The van der Waals surface area contributed by atoms with Crippen molar-refractivity contribution in [2.45, 2.75) is 94.8 Å². The lowest BCUT2D eigenvalue weighted by atomic mass is 9.78. The first kappa shape index (κ1) is 32.7. The second-order valence-corrected chi connectivity index (χ2v) is 17.3. The van der Waals surface area contributed by atoms with Crippen LogP contribution >= 0.6 is 0 Å². The van der Waals surface area contributed by atoms with Gasteiger partial charge in [-0.3, -0.25) is 0 Å². The molecule has 0 saturated heterocycles. The van der Waals surface area contributed by atoms with Crippen LogP contribution in [-0.2, 0) is 10.8 Å². The van der Waals surface area contributed by atoms with Crippen LogP contribution in [-0.4, -0.2) is 0 Å². The maximum Gasteiger partial charge on any atom is 0.0465 e. The van der Waals surface area contributed by atoms with E-state index < -0.39 is 0 Å². The van der Waals surface area contributed by atoms with Gasteiger partial charge in [0.05, 0.1) is 0 Å². The Morgan fingerprint density at radius 3 is 1.81 bits per heavy atom. The molecule has 3 saturated carbocycles. The van der Waals surface area contributed by atoms with Gasteiger partial charge in [0.25, 0.3) is 0 Å². The highest BCUT2D eigenvalue weighted by Crippen LogP contribution is 2.56. The smallest absolute Gasteiger partial charge is 0.0465 e. The fourth-order valence-electron chi connectivity index (χ4n) is 11.0. The summed E-state index contributed by atoms with van der Waals surface area (Å²) in [5, 5.41) is 0. The molecule has 4 aliphatic rings. The van der Waals surface area contributed by atoms with E-state index in [1.165, 1.54) is 131 Å². The molecule has 0 amide bonds. The summed E-state index contributed by atoms with van der Waals surface area (Å²) in [4.78, 5) is 2.51. The van der Waals surface area contributed by atoms with E-state index in [9.17, 15) is 0 Å². The molecule has 53 heavy (non-hydrogen) atoms. The largest absolute Gasteiger partial charge is 0.310 e. The van der Waals surface area contributed by atoms with Crippen molar-refractivity contribution in [1.29, 1.82) is 0 Å². The van der Waals surface area contributed by atoms with Crippen molar-refractivity contribution in [3.63, 3.8) is 0 Å². The Hall–Kier alpha value is -4.88. The van der Waals surface area contributed by atoms with Crippen LogP contribution in [0.25, 0.3) is 33.4 Å². The highest BCUT2D eigenvalue weighted by atomic mass is 15.1. The topological polar surface area (TPSA) is 3.24 Å². The first-order chi connectivity index (χ1) is 26.0. The number of benzene rings is 6. The van der Waals surface area contributed by atoms with Gasteiger partial charge in [-0.1, -0.05) is 130 Å². The van der Waals surface area contributed by atoms with Gasteiger partial charge in [0.15, 0.2) is 0 Å². The average Bonchev–Trinajstić information content (AvgIpc) is 3.91. The van der Waals surface area contributed by atoms with E-state index in [4.69, 9.17) is 0 Å². The van der Waals surface area contributed by atoms with E-state index >= 15 is 0 Å². The summed E-state index contributed by atoms with van der Waals surface area (Å²) >= 11 is 0. The Labute approximate surface area is 316 Å². The van der Waals surface area contributed by atoms with Crippen molar-refractivity contribution in [2.75, 3.05) is 4.90 Å². The highest BCUT2D eigenvalue weighted by Gasteiger charge is 2.45. The molecule has 264 valence electrons. The van der Waals surface area contributed by atoms with Crippen molar-refractivity contribution < 1.29 is 0 Å². The molecular formula is C52H51N. The Morgan fingerprint density at radius 1 is 0.491 bits per heavy atom. The van der Waals surface area contributed by atoms with Gasteiger partial charge in [-0.2, -0.15) is 0 Å². The van der Waals surface area contributed by atoms with Crippen molar-refractivity contribution in [3.8, 4) is 33.4 Å². The molecule has 0 atom stereocenters. The molecule has 0 radical (unpaired) electrons. The van der Waals surface area contributed by atoms with E-state index in [2.05, 4.69) is 158 Å². The lowest BCUT2D eigenvalue weighted by Crippen LogP contribution is -2.20. The van der Waals surface area contributed by atoms with Crippen LogP contribution < -0.4 is 4.90 Å². The Balaban J connectivity index is 1.05. The SMILES string of the molecule is CC1(C)c2ccc(-c3ccccc3-c3ccccc3)cc2-c2ccc(N(c3ccc(C4CCCCC4)cc3)c3ccc(C45CCC(CC4)C5)cc3)cc21. The first-order valence-corrected chi connectivity index (χ1v) is 20.4. The van der Waals surface area contributed by atoms with E-state index in [1.54, 1.807) is 5.56 Å². The summed E-state index contributed by atoms with van der Waals surface area (Å²) in [7, 11) is 0. The zero-order valence-corrected chi connectivity index (χ0v) is 31.5. The molecule has 2 bridgehead atoms. The quantitative estimate of drug-likeness (QED) is 0.161. The number of hydrogen-bond donors (Lipinski definition) is 0. The summed E-state index contributed by atoms with van der Waals surface area (Å²) in [5.74, 6) is 1.65. The van der Waals surface area contributed by atoms with Crippen LogP contribution in [0.1, 0.15) is 106 Å². The third kappa shape index (κ3) is 5.58. The maximum absolute atomic E-state index is 2.51. The number of nitrogens with zero attached hydrogens (tertiary/aromatic N) is 1. The van der Waals surface area contributed by atoms with Crippen LogP contribution in [0, 0.1) is 5.92 Å². The summed E-state index contributed by atoms with van der Waals surface area (Å²) in [5.41, 5.74) is 17.7. The van der Waals surface area contributed by atoms with Gasteiger partial charge in [0.2, 0.25) is 0 Å². The second kappa shape index (κ2) is 12.9. The molecule has 0 N–H and O–H groups in total. The van der Waals surface area contributed by atoms with E-state index in [0.29, 0.717) is 11.3 Å². The highest BCUT2D eigenvalue weighted by molar-refractivity contribution is 5.90. The zero-order valence-electron chi connectivity index (χ0n) is 31.5. The van der Waals surface area contributed by atoms with E-state index in [0.717, 1.165) is 5.92 Å². The fraction of sp³-hybridized carbons (Fsp3) is 0.308. The van der Waals surface area contributed by atoms with Gasteiger partial charge in [-0.25, -0.2) is 0 Å². The average molecular weight is 690 g/mol. The Bertz CT molecular complexity index is 2260. The molecule has 0 heterocycles. The standard InChI is InChI=1S/C52H51N/c1-51(2)49-28-19-40(46-16-10-9-15-45(46)39-13-7-4-8-14-39)33-48(49)47-27-26-44(34-50(47)51)53(42-22-17-38(18-23-42)37-11-5-3-6-12-37)43-24-20-41(21-25-43)52-31-29-36(35-52)30-32-52/h4,7-10,13-28,33-34,36-37H,3,5-6,11-12,29-32,35H2,1-2H3. The minimum absolute atomic E-state index is 0.112. The van der Waals surface area contributed by atoms with E-state index in [1.807, 2.05) is 0 Å². The summed E-state index contributed by atoms with van der Waals surface area (Å²) in [6.07, 6.45) is 13.7. The predicted molar refractivity (Wildman–Crippen MR) is 224 cm³/mol. The summed E-state index contributed by atoms with van der Waals surface area (Å²) < 4.78 is 0. The molecule has 0 spiro atoms. The predicted octanol–water partition coefficient (Wildman–Crippen LogP) is 14.7. The molecule has 10 rings (SSSR count). The molecule has 0 aromatic heterocycles. The van der Waals surface area contributed by atoms with Crippen LogP contribution in [0.5, 0.6) is 0 Å². The van der Waals surface area contributed by atoms with Gasteiger partial charge in [-0.05, 0) is 160 Å². The Kier molecular flexibility index (Phi) is 7.97. The van der Waals surface area contributed by atoms with Crippen molar-refractivity contribution in [2.24, 2.45) is 5.92 Å². The lowest BCUT2D eigenvalue weighted by molar-refractivity contribution is 0.419. The lowest BCUT2D eigenvalue weighted by Gasteiger charge is -2.30. The Morgan fingerprint density at radius 2 is 1.13 bits per heavy atom. The number of hydrogen-bond acceptors (Lipinski definition) is 1. The van der Waals surface area contributed by atoms with Crippen molar-refractivity contribution in [1.82, 2.24) is 0 Å². The second-order valence-electron chi connectivity index (χ2n) is 17.3. The van der Waals surface area contributed by atoms with Crippen LogP contribution in [0.4, 0.5) is 17.1 Å². The van der Waals surface area contributed by atoms with Gasteiger partial charge < -0.3 is 4.90 Å². The summed E-state index contributed by atoms with van der Waals surface area (Å²) in [6.45, 7) is 4.82. The van der Waals surface area contributed by atoms with Gasteiger partial charge >= 0.3 is 0 Å². The van der Waals surface area contributed by atoms with Crippen LogP contribution in [0.2, 0.25) is 0 Å². The summed E-state index contributed by atoms with van der Waals surface area (Å²) in [6, 6.07) is 53.4. The van der Waals surface area contributed by atoms with Gasteiger partial charge in [0, 0.05) is 22.5 Å². The fourth-order valence-corrected chi connectivity index (χ4v) is 11.0. The third-order valence-corrected chi connectivity index (χ3v) is 13.9. The minimum Gasteiger partial charge on any atom is -0.310 e. The molecule has 4 aliphatic carbocycles. The molecular weight excluding hydrogens is 639 g/mol. The third-order valence-electron chi connectivity index (χ3n) is 13.9. The van der Waals surface area contributed by atoms with Crippen molar-refractivity contribution in [3.05, 3.63) is 162 Å². The molecule has 0 aliphatic heterocycles. The van der Waals surface area contributed by atoms with Gasteiger partial charge in [-0.15, -0.1) is 0 Å². The molecule has 0 unspecified atom stereocenters. The number of fused-ring (bicyclic) bond motifs is 5. The monoisotopic (exact) mass is 689 g/mol. The van der Waals surface area contributed by atoms with Crippen LogP contribution in [0.15, 0.2) is 140 Å². The first-order valence-electron chi connectivity index (χ1n) is 20.4.